The summed E-state index contributed by atoms with van der Waals surface area (Å²) in [4.78, 5) is 9.29. The van der Waals surface area contributed by atoms with Crippen molar-refractivity contribution in [3.63, 3.8) is 0 Å². The monoisotopic (exact) mass is 299 g/mol. The standard InChI is InChI=1S/C20H17N3/c1-5-12(2)18-17-16-11-10-14-8-6-7-9-15(14)19(16)23(4)20(17)22-13(3)21-18/h5-11H,1-2H2,3-4H3. The molecular formula is C20H17N3. The molecule has 0 spiro atoms. The Balaban J connectivity index is 2.32. The van der Waals surface area contributed by atoms with Crippen LogP contribution in [0.25, 0.3) is 38.3 Å². The van der Waals surface area contributed by atoms with E-state index < -0.39 is 0 Å². The van der Waals surface area contributed by atoms with Crippen molar-refractivity contribution in [1.82, 2.24) is 14.5 Å². The molecule has 0 amide bonds. The minimum absolute atomic E-state index is 0.741. The Kier molecular flexibility index (Phi) is 2.85. The molecule has 0 saturated heterocycles. The van der Waals surface area contributed by atoms with Gasteiger partial charge in [0.1, 0.15) is 11.5 Å². The van der Waals surface area contributed by atoms with Crippen LogP contribution in [0.5, 0.6) is 0 Å². The van der Waals surface area contributed by atoms with Gasteiger partial charge in [-0.25, -0.2) is 9.97 Å². The van der Waals surface area contributed by atoms with Gasteiger partial charge in [0.15, 0.2) is 0 Å². The minimum Gasteiger partial charge on any atom is -0.328 e. The van der Waals surface area contributed by atoms with Crippen LogP contribution in [0.2, 0.25) is 0 Å². The summed E-state index contributed by atoms with van der Waals surface area (Å²) in [6, 6.07) is 12.7. The second kappa shape index (κ2) is 4.78. The third-order valence-corrected chi connectivity index (χ3v) is 4.38. The predicted molar refractivity (Wildman–Crippen MR) is 97.5 cm³/mol. The lowest BCUT2D eigenvalue weighted by Crippen LogP contribution is -1.97. The summed E-state index contributed by atoms with van der Waals surface area (Å²) < 4.78 is 2.15. The maximum atomic E-state index is 4.67. The van der Waals surface area contributed by atoms with E-state index in [0.717, 1.165) is 33.5 Å². The zero-order chi connectivity index (χ0) is 16.1. The number of hydrogen-bond acceptors (Lipinski definition) is 2. The van der Waals surface area contributed by atoms with Crippen molar-refractivity contribution >= 4 is 38.3 Å². The Labute approximate surface area is 134 Å². The van der Waals surface area contributed by atoms with Crippen LogP contribution < -0.4 is 0 Å². The molecule has 3 nitrogen and oxygen atoms in total. The molecule has 2 aromatic carbocycles. The fourth-order valence-electron chi connectivity index (χ4n) is 3.30. The van der Waals surface area contributed by atoms with Crippen molar-refractivity contribution < 1.29 is 0 Å². The summed E-state index contributed by atoms with van der Waals surface area (Å²) in [6.45, 7) is 9.85. The molecule has 0 atom stereocenters. The summed E-state index contributed by atoms with van der Waals surface area (Å²) in [5.41, 5.74) is 3.79. The van der Waals surface area contributed by atoms with E-state index in [1.165, 1.54) is 16.3 Å². The molecule has 0 aliphatic heterocycles. The van der Waals surface area contributed by atoms with Gasteiger partial charge in [-0.15, -0.1) is 0 Å². The molecule has 4 rings (SSSR count). The van der Waals surface area contributed by atoms with Crippen LogP contribution in [-0.2, 0) is 7.05 Å². The number of hydrogen-bond donors (Lipinski definition) is 0. The third-order valence-electron chi connectivity index (χ3n) is 4.38. The Bertz CT molecular complexity index is 1120. The van der Waals surface area contributed by atoms with Gasteiger partial charge in [0.2, 0.25) is 0 Å². The van der Waals surface area contributed by atoms with Crippen LogP contribution in [0.3, 0.4) is 0 Å². The van der Waals surface area contributed by atoms with Crippen molar-refractivity contribution in [3.8, 4) is 0 Å². The largest absolute Gasteiger partial charge is 0.328 e. The normalized spacial score (nSPS) is 11.4. The molecule has 0 N–H and O–H groups in total. The highest BCUT2D eigenvalue weighted by Crippen LogP contribution is 2.35. The van der Waals surface area contributed by atoms with Crippen molar-refractivity contribution in [2.75, 3.05) is 0 Å². The molecule has 0 aliphatic carbocycles. The molecule has 0 aliphatic rings. The van der Waals surface area contributed by atoms with Gasteiger partial charge in [0, 0.05) is 17.8 Å². The van der Waals surface area contributed by atoms with E-state index in [0.29, 0.717) is 0 Å². The number of benzene rings is 2. The predicted octanol–water partition coefficient (Wildman–Crippen LogP) is 4.78. The van der Waals surface area contributed by atoms with Crippen molar-refractivity contribution in [2.45, 2.75) is 6.92 Å². The second-order valence-corrected chi connectivity index (χ2v) is 5.79. The average Bonchev–Trinajstić information content (AvgIpc) is 2.86. The number of allylic oxidation sites excluding steroid dienone is 2. The van der Waals surface area contributed by atoms with Gasteiger partial charge in [-0.3, -0.25) is 0 Å². The molecule has 0 bridgehead atoms. The van der Waals surface area contributed by atoms with Crippen molar-refractivity contribution in [3.05, 3.63) is 67.2 Å². The molecule has 23 heavy (non-hydrogen) atoms. The summed E-state index contributed by atoms with van der Waals surface area (Å²) >= 11 is 0. The Morgan fingerprint density at radius 3 is 2.65 bits per heavy atom. The van der Waals surface area contributed by atoms with E-state index in [1.54, 1.807) is 6.08 Å². The number of fused-ring (bicyclic) bond motifs is 5. The molecule has 112 valence electrons. The first-order valence-corrected chi connectivity index (χ1v) is 7.58. The highest BCUT2D eigenvalue weighted by atomic mass is 15.0. The lowest BCUT2D eigenvalue weighted by atomic mass is 10.0. The van der Waals surface area contributed by atoms with Gasteiger partial charge in [-0.1, -0.05) is 55.6 Å². The van der Waals surface area contributed by atoms with Gasteiger partial charge in [0.05, 0.1) is 16.6 Å². The molecular weight excluding hydrogens is 282 g/mol. The lowest BCUT2D eigenvalue weighted by molar-refractivity contribution is 0.964. The highest BCUT2D eigenvalue weighted by molar-refractivity contribution is 6.19. The van der Waals surface area contributed by atoms with Crippen molar-refractivity contribution in [1.29, 1.82) is 0 Å². The summed E-state index contributed by atoms with van der Waals surface area (Å²) in [6.07, 6.45) is 1.75. The summed E-state index contributed by atoms with van der Waals surface area (Å²) in [7, 11) is 2.06. The molecule has 0 saturated carbocycles. The van der Waals surface area contributed by atoms with Crippen LogP contribution in [0.4, 0.5) is 0 Å². The van der Waals surface area contributed by atoms with Crippen molar-refractivity contribution in [2.24, 2.45) is 7.05 Å². The summed E-state index contributed by atoms with van der Waals surface area (Å²) in [5.74, 6) is 0.741. The van der Waals surface area contributed by atoms with Gasteiger partial charge in [-0.05, 0) is 17.9 Å². The number of aryl methyl sites for hydroxylation is 2. The Morgan fingerprint density at radius 2 is 1.87 bits per heavy atom. The van der Waals surface area contributed by atoms with E-state index in [1.807, 2.05) is 6.92 Å². The fraction of sp³-hybridized carbons (Fsp3) is 0.100. The first-order chi connectivity index (χ1) is 11.1. The maximum Gasteiger partial charge on any atom is 0.145 e. The highest BCUT2D eigenvalue weighted by Gasteiger charge is 2.17. The number of aromatic nitrogens is 3. The average molecular weight is 299 g/mol. The SMILES string of the molecule is C=CC(=C)c1nc(C)nc2c1c1ccc3ccccc3c1n2C. The van der Waals surface area contributed by atoms with E-state index in [-0.39, 0.29) is 0 Å². The quantitative estimate of drug-likeness (QED) is 0.499. The van der Waals surface area contributed by atoms with Crippen LogP contribution in [0, 0.1) is 6.92 Å². The second-order valence-electron chi connectivity index (χ2n) is 5.79. The first kappa shape index (κ1) is 13.7. The smallest absolute Gasteiger partial charge is 0.145 e. The molecule has 2 heterocycles. The molecule has 4 aromatic rings. The van der Waals surface area contributed by atoms with Crippen LogP contribution >= 0.6 is 0 Å². The van der Waals surface area contributed by atoms with Gasteiger partial charge >= 0.3 is 0 Å². The molecule has 0 unspecified atom stereocenters. The Morgan fingerprint density at radius 1 is 1.09 bits per heavy atom. The lowest BCUT2D eigenvalue weighted by Gasteiger charge is -2.04. The number of nitrogens with zero attached hydrogens (tertiary/aromatic N) is 3. The number of rotatable bonds is 2. The zero-order valence-electron chi connectivity index (χ0n) is 13.3. The summed E-state index contributed by atoms with van der Waals surface area (Å²) in [5, 5.41) is 4.64. The molecule has 0 radical (unpaired) electrons. The molecule has 2 aromatic heterocycles. The van der Waals surface area contributed by atoms with Gasteiger partial charge in [0.25, 0.3) is 0 Å². The van der Waals surface area contributed by atoms with E-state index in [4.69, 9.17) is 0 Å². The molecule has 3 heteroatoms. The van der Waals surface area contributed by atoms with E-state index in [9.17, 15) is 0 Å². The third kappa shape index (κ3) is 1.83. The molecule has 0 fully saturated rings. The van der Waals surface area contributed by atoms with Crippen LogP contribution in [0.1, 0.15) is 11.5 Å². The van der Waals surface area contributed by atoms with Gasteiger partial charge in [-0.2, -0.15) is 0 Å². The van der Waals surface area contributed by atoms with Gasteiger partial charge < -0.3 is 4.57 Å². The van der Waals surface area contributed by atoms with Crippen LogP contribution in [0.15, 0.2) is 55.6 Å². The zero-order valence-corrected chi connectivity index (χ0v) is 13.3. The Hall–Kier alpha value is -2.94. The van der Waals surface area contributed by atoms with Crippen LogP contribution in [-0.4, -0.2) is 14.5 Å². The maximum absolute atomic E-state index is 4.67. The van der Waals surface area contributed by atoms with E-state index in [2.05, 4.69) is 71.1 Å². The first-order valence-electron chi connectivity index (χ1n) is 7.58. The minimum atomic E-state index is 0.741. The topological polar surface area (TPSA) is 30.7 Å². The fourth-order valence-corrected chi connectivity index (χ4v) is 3.30. The van der Waals surface area contributed by atoms with E-state index >= 15 is 0 Å².